The molecule has 2 rings (SSSR count). The van der Waals surface area contributed by atoms with Crippen molar-refractivity contribution in [3.05, 3.63) is 29.8 Å². The van der Waals surface area contributed by atoms with Gasteiger partial charge in [-0.25, -0.2) is 0 Å². The van der Waals surface area contributed by atoms with Gasteiger partial charge in [0.25, 0.3) is 5.91 Å². The Labute approximate surface area is 150 Å². The number of amides is 1. The van der Waals surface area contributed by atoms with Crippen molar-refractivity contribution in [3.8, 4) is 5.75 Å². The minimum Gasteiger partial charge on any atom is -0.427 e. The summed E-state index contributed by atoms with van der Waals surface area (Å²) in [5, 5.41) is 2.75. The van der Waals surface area contributed by atoms with Gasteiger partial charge in [-0.1, -0.05) is 31.4 Å². The molecule has 0 aliphatic heterocycles. The first kappa shape index (κ1) is 20.5. The maximum Gasteiger partial charge on any atom is 0.461 e. The molecule has 0 unspecified atom stereocenters. The number of ether oxygens (including phenoxy) is 1. The van der Waals surface area contributed by atoms with Gasteiger partial charge in [0.1, 0.15) is 5.75 Å². The van der Waals surface area contributed by atoms with Gasteiger partial charge in [0.2, 0.25) is 0 Å². The third-order valence-electron chi connectivity index (χ3n) is 4.94. The van der Waals surface area contributed by atoms with Crippen LogP contribution >= 0.6 is 0 Å². The molecule has 0 aromatic heterocycles. The van der Waals surface area contributed by atoms with Crippen molar-refractivity contribution in [3.63, 3.8) is 0 Å². The lowest BCUT2D eigenvalue weighted by atomic mass is 9.80. The first-order valence-electron chi connectivity index (χ1n) is 8.58. The number of likely N-dealkylation sites (N-methyl/N-ethyl adjacent to an activating group) is 1. The summed E-state index contributed by atoms with van der Waals surface area (Å²) in [6.07, 6.45) is -3.57. The van der Waals surface area contributed by atoms with Gasteiger partial charge in [0.05, 0.1) is 5.56 Å². The highest BCUT2D eigenvalue weighted by Crippen LogP contribution is 2.32. The lowest BCUT2D eigenvalue weighted by Gasteiger charge is -2.43. The quantitative estimate of drug-likeness (QED) is 0.734. The van der Waals surface area contributed by atoms with Crippen molar-refractivity contribution in [2.24, 2.45) is 0 Å². The predicted molar refractivity (Wildman–Crippen MR) is 89.9 cm³/mol. The van der Waals surface area contributed by atoms with E-state index >= 15 is 0 Å². The van der Waals surface area contributed by atoms with E-state index in [1.807, 2.05) is 14.1 Å². The van der Waals surface area contributed by atoms with E-state index in [0.29, 0.717) is 6.54 Å². The molecule has 8 heteroatoms. The summed E-state index contributed by atoms with van der Waals surface area (Å²) >= 11 is 0. The highest BCUT2D eigenvalue weighted by molar-refractivity contribution is 5.96. The summed E-state index contributed by atoms with van der Waals surface area (Å²) in [4.78, 5) is 14.6. The SMILES string of the molecule is CN(C)C1(CNC(=O)c2ccccc2OC(F)(F)C(F)F)CCCCC1. The molecule has 1 aromatic carbocycles. The summed E-state index contributed by atoms with van der Waals surface area (Å²) in [6.45, 7) is 0.346. The lowest BCUT2D eigenvalue weighted by Crippen LogP contribution is -2.53. The Balaban J connectivity index is 2.12. The van der Waals surface area contributed by atoms with E-state index in [-0.39, 0.29) is 11.1 Å². The van der Waals surface area contributed by atoms with Crippen LogP contribution in [0.1, 0.15) is 42.5 Å². The second-order valence-corrected chi connectivity index (χ2v) is 6.82. The topological polar surface area (TPSA) is 41.6 Å². The van der Waals surface area contributed by atoms with Crippen molar-refractivity contribution in [2.75, 3.05) is 20.6 Å². The van der Waals surface area contributed by atoms with E-state index in [0.717, 1.165) is 38.2 Å². The zero-order valence-corrected chi connectivity index (χ0v) is 14.9. The minimum absolute atomic E-state index is 0.197. The zero-order chi connectivity index (χ0) is 19.4. The van der Waals surface area contributed by atoms with Crippen LogP contribution in [-0.4, -0.2) is 49.5 Å². The number of benzene rings is 1. The number of rotatable bonds is 7. The van der Waals surface area contributed by atoms with Gasteiger partial charge in [0.15, 0.2) is 0 Å². The van der Waals surface area contributed by atoms with E-state index in [2.05, 4.69) is 15.0 Å². The molecule has 1 aliphatic rings. The molecule has 1 fully saturated rings. The zero-order valence-electron chi connectivity index (χ0n) is 14.9. The van der Waals surface area contributed by atoms with Gasteiger partial charge in [-0.05, 0) is 39.1 Å². The van der Waals surface area contributed by atoms with Gasteiger partial charge >= 0.3 is 12.5 Å². The standard InChI is InChI=1S/C18H24F4N2O2/c1-24(2)17(10-6-3-7-11-17)12-23-15(25)13-8-4-5-9-14(13)26-18(21,22)16(19)20/h4-5,8-9,16H,3,6-7,10-12H2,1-2H3,(H,23,25). The normalized spacial score (nSPS) is 17.4. The molecule has 0 atom stereocenters. The number of nitrogens with zero attached hydrogens (tertiary/aromatic N) is 1. The van der Waals surface area contributed by atoms with Crippen LogP contribution in [0, 0.1) is 0 Å². The van der Waals surface area contributed by atoms with Crippen molar-refractivity contribution < 1.29 is 27.1 Å². The van der Waals surface area contributed by atoms with E-state index in [9.17, 15) is 22.4 Å². The lowest BCUT2D eigenvalue weighted by molar-refractivity contribution is -0.253. The van der Waals surface area contributed by atoms with Gasteiger partial charge in [-0.15, -0.1) is 0 Å². The molecule has 0 saturated heterocycles. The molecule has 4 nitrogen and oxygen atoms in total. The Morgan fingerprint density at radius 2 is 1.85 bits per heavy atom. The van der Waals surface area contributed by atoms with Crippen LogP contribution in [0.4, 0.5) is 17.6 Å². The summed E-state index contributed by atoms with van der Waals surface area (Å²) in [6, 6.07) is 5.16. The van der Waals surface area contributed by atoms with E-state index in [4.69, 9.17) is 0 Å². The highest BCUT2D eigenvalue weighted by atomic mass is 19.3. The third kappa shape index (κ3) is 4.66. The molecule has 1 saturated carbocycles. The van der Waals surface area contributed by atoms with Crippen LogP contribution in [0.5, 0.6) is 5.75 Å². The summed E-state index contributed by atoms with van der Waals surface area (Å²) in [5.74, 6) is -1.20. The number of hydrogen-bond donors (Lipinski definition) is 1. The molecule has 1 aromatic rings. The molecule has 0 radical (unpaired) electrons. The van der Waals surface area contributed by atoms with Gasteiger partial charge in [-0.3, -0.25) is 4.79 Å². The number of nitrogens with one attached hydrogen (secondary N) is 1. The van der Waals surface area contributed by atoms with Crippen molar-refractivity contribution in [1.82, 2.24) is 10.2 Å². The molecular formula is C18H24F4N2O2. The van der Waals surface area contributed by atoms with Crippen molar-refractivity contribution in [2.45, 2.75) is 50.2 Å². The van der Waals surface area contributed by atoms with Gasteiger partial charge < -0.3 is 15.0 Å². The van der Waals surface area contributed by atoms with Gasteiger partial charge in [0, 0.05) is 12.1 Å². The Morgan fingerprint density at radius 3 is 2.42 bits per heavy atom. The van der Waals surface area contributed by atoms with Crippen LogP contribution in [-0.2, 0) is 0 Å². The monoisotopic (exact) mass is 376 g/mol. The largest absolute Gasteiger partial charge is 0.461 e. The summed E-state index contributed by atoms with van der Waals surface area (Å²) in [5.41, 5.74) is -0.395. The smallest absolute Gasteiger partial charge is 0.427 e. The second-order valence-electron chi connectivity index (χ2n) is 6.82. The molecule has 1 aliphatic carbocycles. The highest BCUT2D eigenvalue weighted by Gasteiger charge is 2.44. The molecule has 1 amide bonds. The van der Waals surface area contributed by atoms with Crippen molar-refractivity contribution in [1.29, 1.82) is 0 Å². The first-order chi connectivity index (χ1) is 12.2. The van der Waals surface area contributed by atoms with Crippen LogP contribution < -0.4 is 10.1 Å². The maximum atomic E-state index is 13.2. The summed E-state index contributed by atoms with van der Waals surface area (Å²) < 4.78 is 55.3. The second kappa shape index (κ2) is 8.24. The molecule has 0 bridgehead atoms. The van der Waals surface area contributed by atoms with E-state index in [1.165, 1.54) is 18.2 Å². The number of hydrogen-bond acceptors (Lipinski definition) is 3. The first-order valence-corrected chi connectivity index (χ1v) is 8.58. The molecule has 146 valence electrons. The number of carbonyl (C=O) groups excluding carboxylic acids is 1. The number of halogens is 4. The maximum absolute atomic E-state index is 13.2. The Kier molecular flexibility index (Phi) is 6.49. The fourth-order valence-electron chi connectivity index (χ4n) is 3.27. The molecule has 0 spiro atoms. The molecule has 0 heterocycles. The van der Waals surface area contributed by atoms with Crippen molar-refractivity contribution >= 4 is 5.91 Å². The Bertz CT molecular complexity index is 617. The van der Waals surface area contributed by atoms with Crippen LogP contribution in [0.2, 0.25) is 0 Å². The van der Waals surface area contributed by atoms with E-state index < -0.39 is 24.2 Å². The molecular weight excluding hydrogens is 352 g/mol. The third-order valence-corrected chi connectivity index (χ3v) is 4.94. The fourth-order valence-corrected chi connectivity index (χ4v) is 3.27. The summed E-state index contributed by atoms with van der Waals surface area (Å²) in [7, 11) is 3.88. The molecule has 26 heavy (non-hydrogen) atoms. The predicted octanol–water partition coefficient (Wildman–Crippen LogP) is 3.92. The number of carbonyl (C=O) groups is 1. The van der Waals surface area contributed by atoms with Crippen LogP contribution in [0.3, 0.4) is 0 Å². The van der Waals surface area contributed by atoms with Gasteiger partial charge in [-0.2, -0.15) is 17.6 Å². The fraction of sp³-hybridized carbons (Fsp3) is 0.611. The number of para-hydroxylation sites is 1. The number of alkyl halides is 4. The van der Waals surface area contributed by atoms with Crippen LogP contribution in [0.15, 0.2) is 24.3 Å². The van der Waals surface area contributed by atoms with Crippen LogP contribution in [0.25, 0.3) is 0 Å². The minimum atomic E-state index is -4.66. The Hall–Kier alpha value is -1.83. The van der Waals surface area contributed by atoms with E-state index in [1.54, 1.807) is 0 Å². The average molecular weight is 376 g/mol. The molecule has 1 N–H and O–H groups in total. The Morgan fingerprint density at radius 1 is 1.23 bits per heavy atom. The average Bonchev–Trinajstić information content (AvgIpc) is 2.60.